The average Bonchev–Trinajstić information content (AvgIpc) is 3.00. The van der Waals surface area contributed by atoms with Gasteiger partial charge in [-0.3, -0.25) is 4.98 Å². The Balaban J connectivity index is 2.14. The third-order valence-electron chi connectivity index (χ3n) is 3.88. The molecule has 0 aliphatic carbocycles. The van der Waals surface area contributed by atoms with Gasteiger partial charge in [-0.1, -0.05) is 42.0 Å². The van der Waals surface area contributed by atoms with Crippen LogP contribution in [0.1, 0.15) is 31.1 Å². The predicted octanol–water partition coefficient (Wildman–Crippen LogP) is 3.95. The molecule has 3 rings (SSSR count). The summed E-state index contributed by atoms with van der Waals surface area (Å²) in [7, 11) is 0. The van der Waals surface area contributed by atoms with E-state index in [-0.39, 0.29) is 12.6 Å². The molecule has 0 aliphatic heterocycles. The predicted molar refractivity (Wildman–Crippen MR) is 96.4 cm³/mol. The van der Waals surface area contributed by atoms with Crippen LogP contribution in [0.3, 0.4) is 0 Å². The lowest BCUT2D eigenvalue weighted by Crippen LogP contribution is -2.15. The molecule has 24 heavy (non-hydrogen) atoms. The van der Waals surface area contributed by atoms with E-state index in [1.54, 1.807) is 18.7 Å². The molecule has 1 atom stereocenters. The highest BCUT2D eigenvalue weighted by Crippen LogP contribution is 2.28. The van der Waals surface area contributed by atoms with Crippen LogP contribution < -0.4 is 0 Å². The molecule has 4 nitrogen and oxygen atoms in total. The van der Waals surface area contributed by atoms with Crippen LogP contribution in [0.2, 0.25) is 0 Å². The third-order valence-corrected chi connectivity index (χ3v) is 3.88. The molecule has 0 unspecified atom stereocenters. The molecule has 0 aliphatic rings. The largest absolute Gasteiger partial charge is 0.394 e. The van der Waals surface area contributed by atoms with E-state index in [9.17, 15) is 5.11 Å². The van der Waals surface area contributed by atoms with Gasteiger partial charge in [0.1, 0.15) is 0 Å². The Morgan fingerprint density at radius 1 is 1.17 bits per heavy atom. The minimum absolute atomic E-state index is 0.0140. The van der Waals surface area contributed by atoms with E-state index in [1.807, 2.05) is 47.0 Å². The van der Waals surface area contributed by atoms with Crippen LogP contribution in [-0.2, 0) is 0 Å². The molecule has 2 heterocycles. The fraction of sp³-hybridized carbons (Fsp3) is 0.200. The Bertz CT molecular complexity index is 819. The van der Waals surface area contributed by atoms with Gasteiger partial charge in [0.15, 0.2) is 0 Å². The molecule has 0 amide bonds. The molecule has 0 bridgehead atoms. The van der Waals surface area contributed by atoms with Crippen LogP contribution in [0, 0.1) is 0 Å². The number of allylic oxidation sites excluding steroid dienone is 1. The molecule has 2 aromatic heterocycles. The smallest absolute Gasteiger partial charge is 0.0965 e. The summed E-state index contributed by atoms with van der Waals surface area (Å²) in [5.41, 5.74) is 5.10. The molecular weight excluding hydrogens is 298 g/mol. The number of hydrogen-bond donors (Lipinski definition) is 1. The van der Waals surface area contributed by atoms with E-state index < -0.39 is 0 Å². The molecule has 0 spiro atoms. The zero-order valence-electron chi connectivity index (χ0n) is 13.9. The van der Waals surface area contributed by atoms with Gasteiger partial charge in [0.2, 0.25) is 0 Å². The standard InChI is InChI=1S/C20H21N3O/c1-15(2)11-18-20(16-7-4-3-5-8-16)22-14-23(18)19(13-24)17-9-6-10-21-12-17/h3-12,14,19,24H,13H2,1-2H3/t19-/m0/s1. The number of aromatic nitrogens is 3. The monoisotopic (exact) mass is 319 g/mol. The van der Waals surface area contributed by atoms with Crippen LogP contribution in [0.25, 0.3) is 17.3 Å². The van der Waals surface area contributed by atoms with Gasteiger partial charge in [0.05, 0.1) is 30.4 Å². The molecule has 0 saturated heterocycles. The minimum Gasteiger partial charge on any atom is -0.394 e. The molecule has 1 N–H and O–H groups in total. The van der Waals surface area contributed by atoms with Crippen molar-refractivity contribution in [2.45, 2.75) is 19.9 Å². The van der Waals surface area contributed by atoms with Crippen LogP contribution in [0.4, 0.5) is 0 Å². The minimum atomic E-state index is -0.214. The first-order chi connectivity index (χ1) is 11.7. The van der Waals surface area contributed by atoms with Crippen molar-refractivity contribution in [2.75, 3.05) is 6.61 Å². The van der Waals surface area contributed by atoms with Gasteiger partial charge in [-0.15, -0.1) is 0 Å². The Kier molecular flexibility index (Phi) is 4.87. The molecule has 3 aromatic rings. The van der Waals surface area contributed by atoms with Gasteiger partial charge in [0, 0.05) is 18.0 Å². The molecule has 122 valence electrons. The summed E-state index contributed by atoms with van der Waals surface area (Å²) in [6.45, 7) is 4.11. The summed E-state index contributed by atoms with van der Waals surface area (Å²) in [4.78, 5) is 8.80. The van der Waals surface area contributed by atoms with Crippen LogP contribution in [0.15, 0.2) is 66.8 Å². The average molecular weight is 319 g/mol. The number of aliphatic hydroxyl groups excluding tert-OH is 1. The second-order valence-electron chi connectivity index (χ2n) is 5.96. The first-order valence-corrected chi connectivity index (χ1v) is 7.98. The quantitative estimate of drug-likeness (QED) is 0.774. The highest BCUT2D eigenvalue weighted by Gasteiger charge is 2.19. The molecular formula is C20H21N3O. The maximum absolute atomic E-state index is 9.97. The summed E-state index contributed by atoms with van der Waals surface area (Å²) < 4.78 is 2.02. The Labute approximate surface area is 142 Å². The SMILES string of the molecule is CC(C)=Cc1c(-c2ccccc2)ncn1[C@@H](CO)c1cccnc1. The van der Waals surface area contributed by atoms with Crippen molar-refractivity contribution in [1.29, 1.82) is 0 Å². The lowest BCUT2D eigenvalue weighted by Gasteiger charge is -2.18. The molecule has 0 saturated carbocycles. The lowest BCUT2D eigenvalue weighted by atomic mass is 10.1. The van der Waals surface area contributed by atoms with E-state index in [4.69, 9.17) is 0 Å². The lowest BCUT2D eigenvalue weighted by molar-refractivity contribution is 0.248. The Morgan fingerprint density at radius 2 is 1.96 bits per heavy atom. The Hall–Kier alpha value is -2.72. The summed E-state index contributed by atoms with van der Waals surface area (Å²) >= 11 is 0. The van der Waals surface area contributed by atoms with E-state index in [0.29, 0.717) is 0 Å². The molecule has 1 aromatic carbocycles. The number of imidazole rings is 1. The van der Waals surface area contributed by atoms with Crippen LogP contribution >= 0.6 is 0 Å². The highest BCUT2D eigenvalue weighted by atomic mass is 16.3. The second-order valence-corrected chi connectivity index (χ2v) is 5.96. The van der Waals surface area contributed by atoms with E-state index >= 15 is 0 Å². The fourth-order valence-corrected chi connectivity index (χ4v) is 2.78. The summed E-state index contributed by atoms with van der Waals surface area (Å²) in [6, 6.07) is 13.7. The van der Waals surface area contributed by atoms with Crippen molar-refractivity contribution in [1.82, 2.24) is 14.5 Å². The van der Waals surface area contributed by atoms with Gasteiger partial charge in [-0.25, -0.2) is 4.98 Å². The summed E-state index contributed by atoms with van der Waals surface area (Å²) in [5.74, 6) is 0. The first-order valence-electron chi connectivity index (χ1n) is 7.98. The zero-order chi connectivity index (χ0) is 16.9. The number of hydrogen-bond acceptors (Lipinski definition) is 3. The highest BCUT2D eigenvalue weighted by molar-refractivity contribution is 5.71. The van der Waals surface area contributed by atoms with Crippen molar-refractivity contribution in [3.05, 3.63) is 78.0 Å². The van der Waals surface area contributed by atoms with Gasteiger partial charge < -0.3 is 9.67 Å². The van der Waals surface area contributed by atoms with Crippen LogP contribution in [0.5, 0.6) is 0 Å². The van der Waals surface area contributed by atoms with Crippen molar-refractivity contribution < 1.29 is 5.11 Å². The van der Waals surface area contributed by atoms with Crippen molar-refractivity contribution in [3.63, 3.8) is 0 Å². The van der Waals surface area contributed by atoms with Crippen molar-refractivity contribution >= 4 is 6.08 Å². The number of nitrogens with zero attached hydrogens (tertiary/aromatic N) is 3. The van der Waals surface area contributed by atoms with Crippen LogP contribution in [-0.4, -0.2) is 26.2 Å². The topological polar surface area (TPSA) is 50.9 Å². The fourth-order valence-electron chi connectivity index (χ4n) is 2.78. The van der Waals surface area contributed by atoms with E-state index in [2.05, 4.69) is 29.9 Å². The number of benzene rings is 1. The van der Waals surface area contributed by atoms with Gasteiger partial charge >= 0.3 is 0 Å². The maximum atomic E-state index is 9.97. The second kappa shape index (κ2) is 7.23. The van der Waals surface area contributed by atoms with Gasteiger partial charge in [-0.2, -0.15) is 0 Å². The molecule has 0 fully saturated rings. The summed E-state index contributed by atoms with van der Waals surface area (Å²) in [6.07, 6.45) is 7.42. The summed E-state index contributed by atoms with van der Waals surface area (Å²) in [5, 5.41) is 9.97. The molecule has 4 heteroatoms. The zero-order valence-corrected chi connectivity index (χ0v) is 13.9. The number of pyridine rings is 1. The van der Waals surface area contributed by atoms with Crippen molar-refractivity contribution in [2.24, 2.45) is 0 Å². The Morgan fingerprint density at radius 3 is 2.58 bits per heavy atom. The number of aliphatic hydroxyl groups is 1. The van der Waals surface area contributed by atoms with Crippen molar-refractivity contribution in [3.8, 4) is 11.3 Å². The number of rotatable bonds is 5. The van der Waals surface area contributed by atoms with Gasteiger partial charge in [0.25, 0.3) is 0 Å². The first kappa shape index (κ1) is 16.1. The third kappa shape index (κ3) is 3.29. The maximum Gasteiger partial charge on any atom is 0.0965 e. The van der Waals surface area contributed by atoms with E-state index in [1.165, 1.54) is 5.57 Å². The normalized spacial score (nSPS) is 12.0. The van der Waals surface area contributed by atoms with E-state index in [0.717, 1.165) is 22.5 Å². The van der Waals surface area contributed by atoms with Gasteiger partial charge in [-0.05, 0) is 31.6 Å². The molecule has 0 radical (unpaired) electrons.